The molecule has 1 fully saturated rings. The monoisotopic (exact) mass is 429 g/mol. The summed E-state index contributed by atoms with van der Waals surface area (Å²) in [7, 11) is 0. The van der Waals surface area contributed by atoms with E-state index in [1.165, 1.54) is 18.6 Å². The molecule has 0 bridgehead atoms. The van der Waals surface area contributed by atoms with Crippen molar-refractivity contribution in [2.24, 2.45) is 0 Å². The number of nitrogens with one attached hydrogen (secondary N) is 1. The average Bonchev–Trinajstić information content (AvgIpc) is 3.36. The average molecular weight is 429 g/mol. The van der Waals surface area contributed by atoms with Crippen molar-refractivity contribution in [2.45, 2.75) is 70.3 Å². The van der Waals surface area contributed by atoms with Crippen LogP contribution < -0.4 is 10.1 Å². The maximum Gasteiger partial charge on any atom is 0.419 e. The van der Waals surface area contributed by atoms with Crippen LogP contribution >= 0.6 is 0 Å². The van der Waals surface area contributed by atoms with E-state index in [4.69, 9.17) is 9.26 Å². The van der Waals surface area contributed by atoms with E-state index in [1.54, 1.807) is 0 Å². The minimum Gasteiger partial charge on any atom is -0.493 e. The number of nitrogens with zero attached hydrogens (tertiary/aromatic N) is 2. The van der Waals surface area contributed by atoms with Crippen LogP contribution in [0.2, 0.25) is 0 Å². The maximum absolute atomic E-state index is 13.6. The van der Waals surface area contributed by atoms with Gasteiger partial charge >= 0.3 is 6.18 Å². The largest absolute Gasteiger partial charge is 0.493 e. The van der Waals surface area contributed by atoms with Gasteiger partial charge in [-0.15, -0.1) is 0 Å². The summed E-state index contributed by atoms with van der Waals surface area (Å²) in [6, 6.07) is 3.30. The molecule has 2 heterocycles. The van der Waals surface area contributed by atoms with Gasteiger partial charge in [0.25, 0.3) is 0 Å². The fraction of sp³-hybridized carbons (Fsp3) is 0.619. The van der Waals surface area contributed by atoms with Crippen molar-refractivity contribution in [1.29, 1.82) is 0 Å². The highest BCUT2D eigenvalue weighted by atomic mass is 19.4. The molecule has 1 aliphatic rings. The highest BCUT2D eigenvalue weighted by Gasteiger charge is 2.35. The first kappa shape index (κ1) is 22.5. The molecule has 0 unspecified atom stereocenters. The second-order valence-electron chi connectivity index (χ2n) is 7.57. The quantitative estimate of drug-likeness (QED) is 0.378. The number of alkyl halides is 4. The van der Waals surface area contributed by atoms with Crippen molar-refractivity contribution in [3.05, 3.63) is 29.7 Å². The molecule has 1 saturated heterocycles. The molecule has 2 atom stereocenters. The zero-order valence-corrected chi connectivity index (χ0v) is 17.0. The Bertz CT molecular complexity index is 810. The van der Waals surface area contributed by atoms with Crippen molar-refractivity contribution in [3.8, 4) is 17.1 Å². The lowest BCUT2D eigenvalue weighted by atomic mass is 10.1. The molecule has 3 rings (SSSR count). The van der Waals surface area contributed by atoms with Crippen LogP contribution in [0, 0.1) is 0 Å². The smallest absolute Gasteiger partial charge is 0.419 e. The molecule has 0 radical (unpaired) electrons. The molecule has 0 amide bonds. The second kappa shape index (κ2) is 10.2. The molecule has 5 nitrogen and oxygen atoms in total. The molecule has 1 N–H and O–H groups in total. The van der Waals surface area contributed by atoms with Gasteiger partial charge in [-0.25, -0.2) is 4.39 Å². The molecule has 0 spiro atoms. The number of unbranched alkanes of at least 4 members (excludes halogenated alkanes) is 5. The molecule has 30 heavy (non-hydrogen) atoms. The fourth-order valence-corrected chi connectivity index (χ4v) is 3.46. The van der Waals surface area contributed by atoms with Crippen LogP contribution in [0.4, 0.5) is 17.6 Å². The standard InChI is InChI=1S/C21H27F4N3O2/c1-2-3-4-5-6-7-10-29-18-9-8-14(11-16(18)21(23,24)25)19-27-20(30-28-19)17-12-15(22)13-26-17/h8-9,11,15,17,26H,2-7,10,12-13H2,1H3/t15-,17+/m1/s1. The van der Waals surface area contributed by atoms with E-state index in [9.17, 15) is 17.6 Å². The third-order valence-electron chi connectivity index (χ3n) is 5.12. The number of aromatic nitrogens is 2. The Labute approximate surface area is 173 Å². The van der Waals surface area contributed by atoms with Crippen molar-refractivity contribution in [1.82, 2.24) is 15.5 Å². The van der Waals surface area contributed by atoms with Crippen LogP contribution in [0.25, 0.3) is 11.4 Å². The predicted molar refractivity (Wildman–Crippen MR) is 104 cm³/mol. The summed E-state index contributed by atoms with van der Waals surface area (Å²) in [6.45, 7) is 2.55. The van der Waals surface area contributed by atoms with E-state index in [1.807, 2.05) is 0 Å². The van der Waals surface area contributed by atoms with Gasteiger partial charge in [0.1, 0.15) is 11.9 Å². The highest BCUT2D eigenvalue weighted by molar-refractivity contribution is 5.59. The number of hydrogen-bond donors (Lipinski definition) is 1. The third-order valence-corrected chi connectivity index (χ3v) is 5.12. The molecule has 1 aromatic heterocycles. The normalized spacial score (nSPS) is 19.4. The van der Waals surface area contributed by atoms with Crippen LogP contribution in [0.3, 0.4) is 0 Å². The van der Waals surface area contributed by atoms with E-state index in [0.717, 1.165) is 31.7 Å². The first-order chi connectivity index (χ1) is 14.4. The molecule has 0 saturated carbocycles. The van der Waals surface area contributed by atoms with Gasteiger partial charge in [-0.05, 0) is 24.6 Å². The van der Waals surface area contributed by atoms with Crippen LogP contribution in [-0.2, 0) is 6.18 Å². The molecule has 2 aromatic rings. The number of rotatable bonds is 10. The van der Waals surface area contributed by atoms with E-state index in [-0.39, 0.29) is 42.6 Å². The van der Waals surface area contributed by atoms with Gasteiger partial charge in [-0.2, -0.15) is 18.2 Å². The number of hydrogen-bond acceptors (Lipinski definition) is 5. The Morgan fingerprint density at radius 3 is 2.63 bits per heavy atom. The first-order valence-electron chi connectivity index (χ1n) is 10.4. The SMILES string of the molecule is CCCCCCCCOc1ccc(-c2noc([C@@H]3C[C@@H](F)CN3)n2)cc1C(F)(F)F. The van der Waals surface area contributed by atoms with E-state index >= 15 is 0 Å². The lowest BCUT2D eigenvalue weighted by molar-refractivity contribution is -0.138. The number of halogens is 4. The Balaban J connectivity index is 1.66. The van der Waals surface area contributed by atoms with Crippen molar-refractivity contribution >= 4 is 0 Å². The Kier molecular flexibility index (Phi) is 7.69. The number of ether oxygens (including phenoxy) is 1. The van der Waals surface area contributed by atoms with Crippen LogP contribution in [0.5, 0.6) is 5.75 Å². The van der Waals surface area contributed by atoms with Gasteiger partial charge in [0, 0.05) is 18.5 Å². The summed E-state index contributed by atoms with van der Waals surface area (Å²) in [6.07, 6.45) is 0.756. The summed E-state index contributed by atoms with van der Waals surface area (Å²) in [5, 5.41) is 6.67. The Morgan fingerprint density at radius 2 is 1.93 bits per heavy atom. The lowest BCUT2D eigenvalue weighted by Gasteiger charge is -2.14. The van der Waals surface area contributed by atoms with Gasteiger partial charge in [-0.1, -0.05) is 44.2 Å². The molecule has 166 valence electrons. The van der Waals surface area contributed by atoms with Gasteiger partial charge in [-0.3, -0.25) is 0 Å². The summed E-state index contributed by atoms with van der Waals surface area (Å²) in [4.78, 5) is 4.15. The van der Waals surface area contributed by atoms with Gasteiger partial charge in [0.2, 0.25) is 11.7 Å². The van der Waals surface area contributed by atoms with Gasteiger partial charge in [0.05, 0.1) is 18.2 Å². The van der Waals surface area contributed by atoms with E-state index in [0.29, 0.717) is 6.42 Å². The summed E-state index contributed by atoms with van der Waals surface area (Å²) in [5.41, 5.74) is -0.709. The molecule has 9 heteroatoms. The highest BCUT2D eigenvalue weighted by Crippen LogP contribution is 2.38. The first-order valence-corrected chi connectivity index (χ1v) is 10.4. The zero-order chi connectivity index (χ0) is 21.6. The van der Waals surface area contributed by atoms with E-state index in [2.05, 4.69) is 22.4 Å². The second-order valence-corrected chi connectivity index (χ2v) is 7.57. The van der Waals surface area contributed by atoms with Crippen molar-refractivity contribution < 1.29 is 26.8 Å². The fourth-order valence-electron chi connectivity index (χ4n) is 3.46. The van der Waals surface area contributed by atoms with Crippen LogP contribution in [-0.4, -0.2) is 29.5 Å². The Morgan fingerprint density at radius 1 is 1.17 bits per heavy atom. The van der Waals surface area contributed by atoms with E-state index < -0.39 is 24.0 Å². The number of benzene rings is 1. The molecule has 1 aromatic carbocycles. The summed E-state index contributed by atoms with van der Waals surface area (Å²) >= 11 is 0. The zero-order valence-electron chi connectivity index (χ0n) is 17.0. The van der Waals surface area contributed by atoms with Crippen molar-refractivity contribution in [2.75, 3.05) is 13.2 Å². The van der Waals surface area contributed by atoms with Crippen LogP contribution in [0.15, 0.2) is 22.7 Å². The predicted octanol–water partition coefficient (Wildman–Crippen LogP) is 5.87. The minimum absolute atomic E-state index is 0.0297. The molecular formula is C21H27F4N3O2. The minimum atomic E-state index is -4.58. The molecule has 0 aliphatic carbocycles. The molecular weight excluding hydrogens is 402 g/mol. The third kappa shape index (κ3) is 5.93. The maximum atomic E-state index is 13.6. The summed E-state index contributed by atoms with van der Waals surface area (Å²) in [5.74, 6) is -0.00884. The van der Waals surface area contributed by atoms with Crippen LogP contribution in [0.1, 0.15) is 69.4 Å². The van der Waals surface area contributed by atoms with Crippen molar-refractivity contribution in [3.63, 3.8) is 0 Å². The Hall–Kier alpha value is -2.16. The van der Waals surface area contributed by atoms with Gasteiger partial charge in [0.15, 0.2) is 0 Å². The lowest BCUT2D eigenvalue weighted by Crippen LogP contribution is -2.14. The topological polar surface area (TPSA) is 60.2 Å². The summed E-state index contributed by atoms with van der Waals surface area (Å²) < 4.78 is 64.5. The van der Waals surface area contributed by atoms with Gasteiger partial charge < -0.3 is 14.6 Å². The molecule has 1 aliphatic heterocycles.